The van der Waals surface area contributed by atoms with E-state index in [0.29, 0.717) is 17.9 Å². The Labute approximate surface area is 111 Å². The molecule has 0 aliphatic carbocycles. The van der Waals surface area contributed by atoms with Gasteiger partial charge in [-0.15, -0.1) is 11.6 Å². The Morgan fingerprint density at radius 3 is 2.67 bits per heavy atom. The van der Waals surface area contributed by atoms with Crippen molar-refractivity contribution in [1.82, 2.24) is 4.90 Å². The largest absolute Gasteiger partial charge is 0.341 e. The van der Waals surface area contributed by atoms with Gasteiger partial charge in [0, 0.05) is 37.5 Å². The van der Waals surface area contributed by atoms with Crippen molar-refractivity contribution in [3.63, 3.8) is 0 Å². The lowest BCUT2D eigenvalue weighted by Gasteiger charge is -2.17. The van der Waals surface area contributed by atoms with Crippen LogP contribution in [0.1, 0.15) is 24.8 Å². The fourth-order valence-corrected chi connectivity index (χ4v) is 1.74. The molecule has 2 nitrogen and oxygen atoms in total. The quantitative estimate of drug-likeness (QED) is 0.576. The van der Waals surface area contributed by atoms with Gasteiger partial charge in [0.2, 0.25) is 5.91 Å². The van der Waals surface area contributed by atoms with Crippen LogP contribution in [0.5, 0.6) is 0 Å². The van der Waals surface area contributed by atoms with Crippen LogP contribution in [0.3, 0.4) is 0 Å². The lowest BCUT2D eigenvalue weighted by Crippen LogP contribution is -2.26. The van der Waals surface area contributed by atoms with Gasteiger partial charge in [0.25, 0.3) is 0 Å². The van der Waals surface area contributed by atoms with Gasteiger partial charge >= 0.3 is 0 Å². The van der Waals surface area contributed by atoms with Crippen LogP contribution in [0.15, 0.2) is 18.2 Å². The molecule has 5 heteroatoms. The molecule has 0 aromatic heterocycles. The molecule has 1 aromatic carbocycles. The van der Waals surface area contributed by atoms with Crippen molar-refractivity contribution >= 4 is 17.5 Å². The Morgan fingerprint density at radius 2 is 2.06 bits per heavy atom. The number of rotatable bonds is 6. The van der Waals surface area contributed by atoms with E-state index in [4.69, 9.17) is 11.6 Å². The second-order valence-electron chi connectivity index (χ2n) is 4.13. The van der Waals surface area contributed by atoms with Crippen molar-refractivity contribution < 1.29 is 13.6 Å². The van der Waals surface area contributed by atoms with Crippen molar-refractivity contribution in [3.8, 4) is 0 Å². The zero-order valence-electron chi connectivity index (χ0n) is 10.3. The maximum atomic E-state index is 13.4. The number of halogens is 3. The minimum absolute atomic E-state index is 0.0659. The minimum Gasteiger partial charge on any atom is -0.341 e. The smallest absolute Gasteiger partial charge is 0.222 e. The van der Waals surface area contributed by atoms with Gasteiger partial charge in [-0.05, 0) is 18.9 Å². The fraction of sp³-hybridized carbons (Fsp3) is 0.462. The van der Waals surface area contributed by atoms with Crippen molar-refractivity contribution in [2.75, 3.05) is 12.9 Å². The fourth-order valence-electron chi connectivity index (χ4n) is 1.56. The molecule has 18 heavy (non-hydrogen) atoms. The normalized spacial score (nSPS) is 10.4. The van der Waals surface area contributed by atoms with Crippen LogP contribution in [0, 0.1) is 11.6 Å². The van der Waals surface area contributed by atoms with E-state index in [0.717, 1.165) is 18.9 Å². The highest BCUT2D eigenvalue weighted by atomic mass is 35.5. The first kappa shape index (κ1) is 14.9. The highest BCUT2D eigenvalue weighted by Gasteiger charge is 2.11. The molecule has 0 unspecified atom stereocenters. The van der Waals surface area contributed by atoms with Crippen LogP contribution in [0.4, 0.5) is 8.78 Å². The standard InChI is InChI=1S/C13H16ClF2NO/c1-17(13(18)4-2-3-7-14)9-10-5-6-11(15)8-12(10)16/h5-6,8H,2-4,7,9H2,1H3. The Kier molecular flexibility index (Phi) is 6.05. The molecule has 0 fully saturated rings. The van der Waals surface area contributed by atoms with Crippen molar-refractivity contribution in [2.24, 2.45) is 0 Å². The summed E-state index contributed by atoms with van der Waals surface area (Å²) in [5.74, 6) is -0.782. The third kappa shape index (κ3) is 4.61. The van der Waals surface area contributed by atoms with Crippen molar-refractivity contribution in [2.45, 2.75) is 25.8 Å². The second kappa shape index (κ2) is 7.31. The highest BCUT2D eigenvalue weighted by Crippen LogP contribution is 2.12. The SMILES string of the molecule is CN(Cc1ccc(F)cc1F)C(=O)CCCCCl. The number of amides is 1. The molecule has 0 bridgehead atoms. The number of unbranched alkanes of at least 4 members (excludes halogenated alkanes) is 1. The summed E-state index contributed by atoms with van der Waals surface area (Å²) in [6.45, 7) is 0.145. The van der Waals surface area contributed by atoms with E-state index >= 15 is 0 Å². The number of benzene rings is 1. The summed E-state index contributed by atoms with van der Waals surface area (Å²) in [5, 5.41) is 0. The van der Waals surface area contributed by atoms with Crippen molar-refractivity contribution in [1.29, 1.82) is 0 Å². The average Bonchev–Trinajstić information content (AvgIpc) is 2.32. The summed E-state index contributed by atoms with van der Waals surface area (Å²) in [4.78, 5) is 13.1. The monoisotopic (exact) mass is 275 g/mol. The van der Waals surface area contributed by atoms with E-state index in [1.807, 2.05) is 0 Å². The van der Waals surface area contributed by atoms with Crippen LogP contribution in [-0.4, -0.2) is 23.7 Å². The van der Waals surface area contributed by atoms with E-state index in [-0.39, 0.29) is 12.5 Å². The maximum absolute atomic E-state index is 13.4. The van der Waals surface area contributed by atoms with Gasteiger partial charge in [0.1, 0.15) is 11.6 Å². The molecule has 0 heterocycles. The summed E-state index contributed by atoms with van der Waals surface area (Å²) in [6, 6.07) is 3.36. The summed E-state index contributed by atoms with van der Waals surface area (Å²) in [6.07, 6.45) is 1.90. The molecule has 0 N–H and O–H groups in total. The highest BCUT2D eigenvalue weighted by molar-refractivity contribution is 6.17. The van der Waals surface area contributed by atoms with Crippen LogP contribution in [-0.2, 0) is 11.3 Å². The first-order valence-electron chi connectivity index (χ1n) is 5.78. The van der Waals surface area contributed by atoms with Crippen LogP contribution < -0.4 is 0 Å². The molecule has 0 aliphatic heterocycles. The molecule has 0 aliphatic rings. The molecule has 100 valence electrons. The number of hydrogen-bond acceptors (Lipinski definition) is 1. The zero-order valence-corrected chi connectivity index (χ0v) is 11.0. The van der Waals surface area contributed by atoms with E-state index in [9.17, 15) is 13.6 Å². The maximum Gasteiger partial charge on any atom is 0.222 e. The average molecular weight is 276 g/mol. The zero-order chi connectivity index (χ0) is 13.5. The van der Waals surface area contributed by atoms with Crippen molar-refractivity contribution in [3.05, 3.63) is 35.4 Å². The predicted molar refractivity (Wildman–Crippen MR) is 67.4 cm³/mol. The van der Waals surface area contributed by atoms with Crippen LogP contribution in [0.2, 0.25) is 0 Å². The number of hydrogen-bond donors (Lipinski definition) is 0. The Balaban J connectivity index is 2.53. The molecule has 1 aromatic rings. The van der Waals surface area contributed by atoms with Gasteiger partial charge in [-0.25, -0.2) is 8.78 Å². The Bertz CT molecular complexity index is 412. The molecule has 0 radical (unpaired) electrons. The number of carbonyl (C=O) groups is 1. The van der Waals surface area contributed by atoms with Gasteiger partial charge in [-0.3, -0.25) is 4.79 Å². The van der Waals surface area contributed by atoms with Crippen LogP contribution in [0.25, 0.3) is 0 Å². The molecule has 1 amide bonds. The second-order valence-corrected chi connectivity index (χ2v) is 4.51. The molecule has 0 spiro atoms. The van der Waals surface area contributed by atoms with Gasteiger partial charge in [0.05, 0.1) is 0 Å². The van der Waals surface area contributed by atoms with E-state index in [2.05, 4.69) is 0 Å². The molecular formula is C13H16ClF2NO. The topological polar surface area (TPSA) is 20.3 Å². The summed E-state index contributed by atoms with van der Waals surface area (Å²) >= 11 is 5.52. The van der Waals surface area contributed by atoms with E-state index in [1.165, 1.54) is 17.0 Å². The first-order chi connectivity index (χ1) is 8.54. The first-order valence-corrected chi connectivity index (χ1v) is 6.32. The number of alkyl halides is 1. The summed E-state index contributed by atoms with van der Waals surface area (Å²) < 4.78 is 26.1. The van der Waals surface area contributed by atoms with Crippen LogP contribution >= 0.6 is 11.6 Å². The third-order valence-corrected chi connectivity index (χ3v) is 2.89. The van der Waals surface area contributed by atoms with E-state index < -0.39 is 11.6 Å². The lowest BCUT2D eigenvalue weighted by molar-refractivity contribution is -0.130. The third-order valence-electron chi connectivity index (χ3n) is 2.62. The predicted octanol–water partition coefficient (Wildman–Crippen LogP) is 3.33. The lowest BCUT2D eigenvalue weighted by atomic mass is 10.2. The minimum atomic E-state index is -0.629. The Hall–Kier alpha value is -1.16. The number of carbonyl (C=O) groups excluding carboxylic acids is 1. The van der Waals surface area contributed by atoms with Gasteiger partial charge in [-0.1, -0.05) is 6.07 Å². The molecule has 0 atom stereocenters. The van der Waals surface area contributed by atoms with E-state index in [1.54, 1.807) is 7.05 Å². The van der Waals surface area contributed by atoms with Gasteiger partial charge in [-0.2, -0.15) is 0 Å². The van der Waals surface area contributed by atoms with Gasteiger partial charge < -0.3 is 4.90 Å². The number of nitrogens with zero attached hydrogens (tertiary/aromatic N) is 1. The summed E-state index contributed by atoms with van der Waals surface area (Å²) in [5.41, 5.74) is 0.310. The Morgan fingerprint density at radius 1 is 1.33 bits per heavy atom. The molecule has 1 rings (SSSR count). The molecule has 0 saturated heterocycles. The van der Waals surface area contributed by atoms with Gasteiger partial charge in [0.15, 0.2) is 0 Å². The molecular weight excluding hydrogens is 260 g/mol. The summed E-state index contributed by atoms with van der Waals surface area (Å²) in [7, 11) is 1.60. The molecule has 0 saturated carbocycles.